The summed E-state index contributed by atoms with van der Waals surface area (Å²) in [6.45, 7) is 6.78. The van der Waals surface area contributed by atoms with Gasteiger partial charge < -0.3 is 20.5 Å². The smallest absolute Gasteiger partial charge is 0.319 e. The molecule has 0 saturated heterocycles. The molecule has 0 spiro atoms. The lowest BCUT2D eigenvalue weighted by Crippen LogP contribution is -2.50. The monoisotopic (exact) mass is 292 g/mol. The summed E-state index contributed by atoms with van der Waals surface area (Å²) in [5, 5.41) is 16.0. The molecule has 1 atom stereocenters. The van der Waals surface area contributed by atoms with Crippen molar-refractivity contribution in [3.8, 4) is 0 Å². The van der Waals surface area contributed by atoms with Gasteiger partial charge in [-0.1, -0.05) is 0 Å². The number of urea groups is 1. The van der Waals surface area contributed by atoms with Crippen molar-refractivity contribution in [2.24, 2.45) is 0 Å². The topological polar surface area (TPSA) is 101 Å². The first-order valence-electron chi connectivity index (χ1n) is 6.96. The number of hydrogen-bond donors (Lipinski definition) is 3. The third-order valence-corrected chi connectivity index (χ3v) is 3.40. The number of hydrogen-bond acceptors (Lipinski definition) is 4. The average Bonchev–Trinajstić information content (AvgIpc) is 2.85. The lowest BCUT2D eigenvalue weighted by atomic mass is 10.0. The van der Waals surface area contributed by atoms with Crippen molar-refractivity contribution in [3.63, 3.8) is 0 Å². The van der Waals surface area contributed by atoms with Crippen molar-refractivity contribution >= 4 is 11.9 Å². The summed E-state index contributed by atoms with van der Waals surface area (Å²) in [4.78, 5) is 23.5. The SMILES string of the molecule is CCn1cnnc1CCNC(=O)C1=C(C)NC(=O)NC1C. The summed E-state index contributed by atoms with van der Waals surface area (Å²) < 4.78 is 1.93. The first-order chi connectivity index (χ1) is 10.0. The minimum atomic E-state index is -0.307. The van der Waals surface area contributed by atoms with Crippen LogP contribution >= 0.6 is 0 Å². The number of amides is 3. The number of rotatable bonds is 5. The van der Waals surface area contributed by atoms with E-state index in [9.17, 15) is 9.59 Å². The molecule has 0 saturated carbocycles. The molecule has 0 fully saturated rings. The van der Waals surface area contributed by atoms with E-state index < -0.39 is 0 Å². The number of aryl methyl sites for hydroxylation is 1. The van der Waals surface area contributed by atoms with Gasteiger partial charge in [-0.05, 0) is 20.8 Å². The summed E-state index contributed by atoms with van der Waals surface area (Å²) in [6, 6.07) is -0.592. The van der Waals surface area contributed by atoms with Crippen LogP contribution in [0, 0.1) is 0 Å². The lowest BCUT2D eigenvalue weighted by molar-refractivity contribution is -0.117. The van der Waals surface area contributed by atoms with Gasteiger partial charge >= 0.3 is 6.03 Å². The molecule has 2 heterocycles. The van der Waals surface area contributed by atoms with E-state index in [2.05, 4.69) is 26.1 Å². The quantitative estimate of drug-likeness (QED) is 0.707. The molecule has 0 aliphatic carbocycles. The molecule has 2 rings (SSSR count). The molecular formula is C13H20N6O2. The Morgan fingerprint density at radius 3 is 2.95 bits per heavy atom. The predicted molar refractivity (Wildman–Crippen MR) is 76.2 cm³/mol. The van der Waals surface area contributed by atoms with Crippen molar-refractivity contribution in [2.75, 3.05) is 6.54 Å². The Labute approximate surface area is 123 Å². The van der Waals surface area contributed by atoms with Crippen LogP contribution in [0.15, 0.2) is 17.6 Å². The second kappa shape index (κ2) is 6.38. The Bertz CT molecular complexity index is 577. The number of carbonyl (C=O) groups is 2. The van der Waals surface area contributed by atoms with E-state index in [1.165, 1.54) is 0 Å². The highest BCUT2D eigenvalue weighted by molar-refractivity contribution is 5.98. The maximum Gasteiger partial charge on any atom is 0.319 e. The second-order valence-corrected chi connectivity index (χ2v) is 4.90. The average molecular weight is 292 g/mol. The van der Waals surface area contributed by atoms with E-state index in [-0.39, 0.29) is 18.0 Å². The zero-order valence-corrected chi connectivity index (χ0v) is 12.4. The van der Waals surface area contributed by atoms with Crippen LogP contribution in [0.25, 0.3) is 0 Å². The van der Waals surface area contributed by atoms with Gasteiger partial charge in [-0.2, -0.15) is 0 Å². The Kier molecular flexibility index (Phi) is 4.56. The Hall–Kier alpha value is -2.38. The van der Waals surface area contributed by atoms with Gasteiger partial charge in [0.1, 0.15) is 12.2 Å². The van der Waals surface area contributed by atoms with Crippen LogP contribution in [0.1, 0.15) is 26.6 Å². The van der Waals surface area contributed by atoms with Crippen molar-refractivity contribution in [1.29, 1.82) is 0 Å². The summed E-state index contributed by atoms with van der Waals surface area (Å²) >= 11 is 0. The molecule has 8 heteroatoms. The molecule has 21 heavy (non-hydrogen) atoms. The maximum atomic E-state index is 12.2. The van der Waals surface area contributed by atoms with Gasteiger partial charge in [0.2, 0.25) is 0 Å². The zero-order valence-electron chi connectivity index (χ0n) is 12.4. The number of nitrogens with one attached hydrogen (secondary N) is 3. The molecule has 1 aromatic heterocycles. The Balaban J connectivity index is 1.93. The van der Waals surface area contributed by atoms with Crippen molar-refractivity contribution in [1.82, 2.24) is 30.7 Å². The first kappa shape index (κ1) is 15.0. The minimum absolute atomic E-state index is 0.185. The van der Waals surface area contributed by atoms with E-state index in [1.54, 1.807) is 20.2 Å². The van der Waals surface area contributed by atoms with Crippen LogP contribution in [0.4, 0.5) is 4.79 Å². The summed E-state index contributed by atoms with van der Waals surface area (Å²) in [7, 11) is 0. The fourth-order valence-corrected chi connectivity index (χ4v) is 2.35. The molecule has 0 radical (unpaired) electrons. The van der Waals surface area contributed by atoms with Crippen LogP contribution in [-0.4, -0.2) is 39.3 Å². The lowest BCUT2D eigenvalue weighted by Gasteiger charge is -2.25. The normalized spacial score (nSPS) is 18.2. The molecule has 0 bridgehead atoms. The highest BCUT2D eigenvalue weighted by Gasteiger charge is 2.26. The first-order valence-corrected chi connectivity index (χ1v) is 6.96. The Morgan fingerprint density at radius 1 is 1.52 bits per heavy atom. The number of aromatic nitrogens is 3. The summed E-state index contributed by atoms with van der Waals surface area (Å²) in [5.74, 6) is 0.654. The number of nitrogens with zero attached hydrogens (tertiary/aromatic N) is 3. The number of allylic oxidation sites excluding steroid dienone is 1. The molecule has 1 aromatic rings. The highest BCUT2D eigenvalue weighted by atomic mass is 16.2. The fourth-order valence-electron chi connectivity index (χ4n) is 2.35. The van der Waals surface area contributed by atoms with Gasteiger partial charge in [0.25, 0.3) is 5.91 Å². The molecule has 114 valence electrons. The molecule has 3 N–H and O–H groups in total. The van der Waals surface area contributed by atoms with Crippen LogP contribution in [0.5, 0.6) is 0 Å². The van der Waals surface area contributed by atoms with E-state index in [0.29, 0.717) is 24.2 Å². The van der Waals surface area contributed by atoms with Gasteiger partial charge in [-0.3, -0.25) is 4.79 Å². The van der Waals surface area contributed by atoms with Crippen molar-refractivity contribution in [2.45, 2.75) is 39.8 Å². The molecule has 3 amide bonds. The van der Waals surface area contributed by atoms with Crippen molar-refractivity contribution < 1.29 is 9.59 Å². The van der Waals surface area contributed by atoms with E-state index in [0.717, 1.165) is 12.4 Å². The minimum Gasteiger partial charge on any atom is -0.352 e. The van der Waals surface area contributed by atoms with Gasteiger partial charge in [0.15, 0.2) is 0 Å². The second-order valence-electron chi connectivity index (χ2n) is 4.90. The van der Waals surface area contributed by atoms with Gasteiger partial charge in [0.05, 0.1) is 11.6 Å². The third-order valence-electron chi connectivity index (χ3n) is 3.40. The number of carbonyl (C=O) groups excluding carboxylic acids is 2. The fraction of sp³-hybridized carbons (Fsp3) is 0.538. The maximum absolute atomic E-state index is 12.2. The summed E-state index contributed by atoms with van der Waals surface area (Å²) in [5.41, 5.74) is 1.13. The van der Waals surface area contributed by atoms with E-state index in [1.807, 2.05) is 11.5 Å². The molecular weight excluding hydrogens is 272 g/mol. The summed E-state index contributed by atoms with van der Waals surface area (Å²) in [6.07, 6.45) is 2.28. The molecule has 0 aromatic carbocycles. The van der Waals surface area contributed by atoms with Crippen LogP contribution in [-0.2, 0) is 17.8 Å². The molecule has 1 unspecified atom stereocenters. The highest BCUT2D eigenvalue weighted by Crippen LogP contribution is 2.11. The van der Waals surface area contributed by atoms with E-state index >= 15 is 0 Å². The predicted octanol–water partition coefficient (Wildman–Crippen LogP) is -0.0680. The zero-order chi connectivity index (χ0) is 15.4. The largest absolute Gasteiger partial charge is 0.352 e. The van der Waals surface area contributed by atoms with Gasteiger partial charge in [-0.25, -0.2) is 4.79 Å². The molecule has 1 aliphatic rings. The Morgan fingerprint density at radius 2 is 2.29 bits per heavy atom. The third kappa shape index (κ3) is 3.39. The van der Waals surface area contributed by atoms with Crippen LogP contribution in [0.2, 0.25) is 0 Å². The molecule has 1 aliphatic heterocycles. The van der Waals surface area contributed by atoms with Crippen molar-refractivity contribution in [3.05, 3.63) is 23.4 Å². The van der Waals surface area contributed by atoms with Gasteiger partial charge in [-0.15, -0.1) is 10.2 Å². The van der Waals surface area contributed by atoms with Crippen LogP contribution in [0.3, 0.4) is 0 Å². The van der Waals surface area contributed by atoms with Crippen LogP contribution < -0.4 is 16.0 Å². The molecule has 8 nitrogen and oxygen atoms in total. The standard InChI is InChI=1S/C13H20N6O2/c1-4-19-7-15-18-10(19)5-6-14-12(20)11-8(2)16-13(21)17-9(11)3/h7-8H,4-6H2,1-3H3,(H,14,20)(H2,16,17,21). The van der Waals surface area contributed by atoms with Gasteiger partial charge in [0, 0.05) is 25.2 Å². The van der Waals surface area contributed by atoms with E-state index in [4.69, 9.17) is 0 Å².